The van der Waals surface area contributed by atoms with E-state index in [0.717, 1.165) is 0 Å². The molecule has 1 aliphatic rings. The molecule has 1 amide bonds. The van der Waals surface area contributed by atoms with Crippen LogP contribution in [0.5, 0.6) is 0 Å². The molecule has 0 aromatic rings. The molecule has 1 heterocycles. The second-order valence-corrected chi connectivity index (χ2v) is 3.46. The molecule has 1 saturated heterocycles. The van der Waals surface area contributed by atoms with Gasteiger partial charge in [0.2, 0.25) is 12.2 Å². The molecule has 1 fully saturated rings. The number of nitrogens with one attached hydrogen (secondary N) is 1. The maximum atomic E-state index is 10.5. The molecule has 7 heteroatoms. The Balaban J connectivity index is 2.54. The van der Waals surface area contributed by atoms with Crippen LogP contribution < -0.4 is 5.48 Å². The number of amides is 1. The molecule has 0 aromatic carbocycles. The Morgan fingerprint density at radius 2 is 1.87 bits per heavy atom. The molecule has 0 saturated carbocycles. The van der Waals surface area contributed by atoms with Crippen LogP contribution in [0.1, 0.15) is 13.8 Å². The molecule has 5 atom stereocenters. The number of ether oxygens (including phenoxy) is 1. The summed E-state index contributed by atoms with van der Waals surface area (Å²) in [6, 6.07) is 0. The maximum absolute atomic E-state index is 10.5. The van der Waals surface area contributed by atoms with Gasteiger partial charge in [0.05, 0.1) is 6.10 Å². The highest BCUT2D eigenvalue weighted by molar-refractivity contribution is 5.71. The SMILES string of the molecule is CC(=O)NO[C@H]1O[C@H](C)[C@@H](O)[C@H](O)[C@H]1O. The summed E-state index contributed by atoms with van der Waals surface area (Å²) >= 11 is 0. The van der Waals surface area contributed by atoms with Crippen LogP contribution >= 0.6 is 0 Å². The molecular weight excluding hydrogens is 206 g/mol. The van der Waals surface area contributed by atoms with Crippen molar-refractivity contribution in [2.45, 2.75) is 44.6 Å². The van der Waals surface area contributed by atoms with Gasteiger partial charge in [-0.2, -0.15) is 0 Å². The number of carbonyl (C=O) groups is 1. The van der Waals surface area contributed by atoms with Gasteiger partial charge in [-0.15, -0.1) is 0 Å². The summed E-state index contributed by atoms with van der Waals surface area (Å²) in [6.45, 7) is 2.74. The van der Waals surface area contributed by atoms with E-state index >= 15 is 0 Å². The van der Waals surface area contributed by atoms with Gasteiger partial charge in [0.15, 0.2) is 0 Å². The summed E-state index contributed by atoms with van der Waals surface area (Å²) in [4.78, 5) is 15.2. The quantitative estimate of drug-likeness (QED) is 0.397. The molecule has 1 aliphatic heterocycles. The monoisotopic (exact) mass is 221 g/mol. The Bertz CT molecular complexity index is 235. The van der Waals surface area contributed by atoms with E-state index in [0.29, 0.717) is 0 Å². The Labute approximate surface area is 86.6 Å². The minimum atomic E-state index is -1.41. The van der Waals surface area contributed by atoms with Gasteiger partial charge in [0.25, 0.3) is 0 Å². The first-order valence-electron chi connectivity index (χ1n) is 4.55. The lowest BCUT2D eigenvalue weighted by atomic mass is 10.0. The third kappa shape index (κ3) is 2.86. The third-order valence-electron chi connectivity index (χ3n) is 2.13. The minimum Gasteiger partial charge on any atom is -0.388 e. The van der Waals surface area contributed by atoms with Gasteiger partial charge in [0, 0.05) is 6.92 Å². The first-order chi connectivity index (χ1) is 6.93. The first-order valence-corrected chi connectivity index (χ1v) is 4.55. The van der Waals surface area contributed by atoms with E-state index in [9.17, 15) is 20.1 Å². The molecule has 0 radical (unpaired) electrons. The molecule has 0 bridgehead atoms. The van der Waals surface area contributed by atoms with Crippen LogP contribution in [0.2, 0.25) is 0 Å². The number of aliphatic hydroxyl groups excluding tert-OH is 3. The van der Waals surface area contributed by atoms with Gasteiger partial charge in [-0.25, -0.2) is 10.3 Å². The lowest BCUT2D eigenvalue weighted by molar-refractivity contribution is -0.305. The summed E-state index contributed by atoms with van der Waals surface area (Å²) in [5.41, 5.74) is 1.98. The van der Waals surface area contributed by atoms with Crippen molar-refractivity contribution in [1.82, 2.24) is 5.48 Å². The van der Waals surface area contributed by atoms with Crippen LogP contribution in [0.3, 0.4) is 0 Å². The largest absolute Gasteiger partial charge is 0.388 e. The maximum Gasteiger partial charge on any atom is 0.240 e. The van der Waals surface area contributed by atoms with E-state index in [4.69, 9.17) is 9.57 Å². The van der Waals surface area contributed by atoms with Crippen LogP contribution in [0.4, 0.5) is 0 Å². The van der Waals surface area contributed by atoms with Crippen molar-refractivity contribution < 1.29 is 29.7 Å². The number of hydrogen-bond acceptors (Lipinski definition) is 6. The molecule has 1 rings (SSSR count). The van der Waals surface area contributed by atoms with Crippen LogP contribution in [-0.2, 0) is 14.4 Å². The van der Waals surface area contributed by atoms with Crippen molar-refractivity contribution in [3.05, 3.63) is 0 Å². The smallest absolute Gasteiger partial charge is 0.240 e. The highest BCUT2D eigenvalue weighted by Crippen LogP contribution is 2.20. The van der Waals surface area contributed by atoms with E-state index in [-0.39, 0.29) is 0 Å². The number of aliphatic hydroxyl groups is 3. The average molecular weight is 221 g/mol. The van der Waals surface area contributed by atoms with Crippen LogP contribution in [0.25, 0.3) is 0 Å². The van der Waals surface area contributed by atoms with Crippen molar-refractivity contribution in [3.8, 4) is 0 Å². The van der Waals surface area contributed by atoms with Gasteiger partial charge >= 0.3 is 0 Å². The van der Waals surface area contributed by atoms with Gasteiger partial charge in [0.1, 0.15) is 18.3 Å². The Morgan fingerprint density at radius 1 is 1.27 bits per heavy atom. The van der Waals surface area contributed by atoms with Crippen molar-refractivity contribution in [2.24, 2.45) is 0 Å². The van der Waals surface area contributed by atoms with Crippen molar-refractivity contribution >= 4 is 5.91 Å². The fraction of sp³-hybridized carbons (Fsp3) is 0.875. The summed E-state index contributed by atoms with van der Waals surface area (Å²) in [5, 5.41) is 28.1. The topological polar surface area (TPSA) is 108 Å². The molecule has 4 N–H and O–H groups in total. The summed E-state index contributed by atoms with van der Waals surface area (Å²) < 4.78 is 5.03. The van der Waals surface area contributed by atoms with Crippen LogP contribution in [0, 0.1) is 0 Å². The minimum absolute atomic E-state index is 0.459. The first kappa shape index (κ1) is 12.3. The fourth-order valence-electron chi connectivity index (χ4n) is 1.25. The van der Waals surface area contributed by atoms with Gasteiger partial charge in [-0.05, 0) is 6.92 Å². The van der Waals surface area contributed by atoms with E-state index in [1.54, 1.807) is 0 Å². The zero-order chi connectivity index (χ0) is 11.6. The Kier molecular flexibility index (Phi) is 4.00. The predicted molar refractivity (Wildman–Crippen MR) is 47.3 cm³/mol. The van der Waals surface area contributed by atoms with E-state index in [1.165, 1.54) is 13.8 Å². The second kappa shape index (κ2) is 4.86. The Morgan fingerprint density at radius 3 is 2.40 bits per heavy atom. The summed E-state index contributed by atoms with van der Waals surface area (Å²) in [5.74, 6) is -0.459. The second-order valence-electron chi connectivity index (χ2n) is 3.46. The number of hydroxylamine groups is 1. The molecule has 0 aromatic heterocycles. The van der Waals surface area contributed by atoms with Crippen molar-refractivity contribution in [2.75, 3.05) is 0 Å². The predicted octanol–water partition coefficient (Wildman–Crippen LogP) is -2.12. The highest BCUT2D eigenvalue weighted by Gasteiger charge is 2.42. The zero-order valence-electron chi connectivity index (χ0n) is 8.45. The normalized spacial score (nSPS) is 41.3. The molecule has 0 aliphatic carbocycles. The fourth-order valence-corrected chi connectivity index (χ4v) is 1.25. The van der Waals surface area contributed by atoms with Gasteiger partial charge < -0.3 is 20.1 Å². The lowest BCUT2D eigenvalue weighted by Gasteiger charge is -2.38. The number of carbonyl (C=O) groups excluding carboxylic acids is 1. The van der Waals surface area contributed by atoms with Gasteiger partial charge in [-0.3, -0.25) is 4.79 Å². The summed E-state index contributed by atoms with van der Waals surface area (Å²) in [6.07, 6.45) is -5.85. The Hall–Kier alpha value is -0.730. The molecule has 0 spiro atoms. The molecule has 88 valence electrons. The highest BCUT2D eigenvalue weighted by atomic mass is 16.8. The molecular formula is C8H15NO6. The van der Waals surface area contributed by atoms with Crippen molar-refractivity contribution in [3.63, 3.8) is 0 Å². The van der Waals surface area contributed by atoms with Crippen LogP contribution in [0.15, 0.2) is 0 Å². The lowest BCUT2D eigenvalue weighted by Crippen LogP contribution is -2.58. The molecule has 0 unspecified atom stereocenters. The molecule has 15 heavy (non-hydrogen) atoms. The van der Waals surface area contributed by atoms with Crippen LogP contribution in [-0.4, -0.2) is 51.9 Å². The standard InChI is InChI=1S/C8H15NO6/c1-3-5(11)6(12)7(13)8(14-3)15-9-4(2)10/h3,5-8,11-13H,1-2H3,(H,9,10)/t3-,5-,6+,7-,8-/m1/s1. The zero-order valence-corrected chi connectivity index (χ0v) is 8.45. The molecule has 7 nitrogen and oxygen atoms in total. The summed E-state index contributed by atoms with van der Waals surface area (Å²) in [7, 11) is 0. The number of hydrogen-bond donors (Lipinski definition) is 4. The van der Waals surface area contributed by atoms with E-state index in [1.807, 2.05) is 5.48 Å². The third-order valence-corrected chi connectivity index (χ3v) is 2.13. The van der Waals surface area contributed by atoms with E-state index in [2.05, 4.69) is 0 Å². The van der Waals surface area contributed by atoms with Crippen molar-refractivity contribution in [1.29, 1.82) is 0 Å². The number of rotatable bonds is 2. The average Bonchev–Trinajstić information content (AvgIpc) is 2.18. The van der Waals surface area contributed by atoms with Gasteiger partial charge in [-0.1, -0.05) is 0 Å². The van der Waals surface area contributed by atoms with E-state index < -0.39 is 36.6 Å².